The van der Waals surface area contributed by atoms with Crippen LogP contribution in [0.2, 0.25) is 0 Å². The van der Waals surface area contributed by atoms with Gasteiger partial charge in [-0.3, -0.25) is 4.79 Å². The third-order valence-corrected chi connectivity index (χ3v) is 1.77. The summed E-state index contributed by atoms with van der Waals surface area (Å²) in [5.74, 6) is -0.211. The fourth-order valence-electron chi connectivity index (χ4n) is 1.01. The van der Waals surface area contributed by atoms with Crippen molar-refractivity contribution in [3.63, 3.8) is 0 Å². The molecule has 0 unspecified atom stereocenters. The highest BCUT2D eigenvalue weighted by atomic mass is 16.5. The highest BCUT2D eigenvalue weighted by Crippen LogP contribution is 2.06. The van der Waals surface area contributed by atoms with Crippen LogP contribution in [0.1, 0.15) is 25.5 Å². The Balaban J connectivity index is 0.000000325. The molecule has 0 bridgehead atoms. The maximum atomic E-state index is 9.82. The molecule has 0 fully saturated rings. The van der Waals surface area contributed by atoms with Gasteiger partial charge in [-0.2, -0.15) is 0 Å². The second-order valence-electron chi connectivity index (χ2n) is 3.12. The molecule has 3 N–H and O–H groups in total. The summed E-state index contributed by atoms with van der Waals surface area (Å²) in [7, 11) is 0. The van der Waals surface area contributed by atoms with E-state index in [9.17, 15) is 4.79 Å². The van der Waals surface area contributed by atoms with Gasteiger partial charge in [0.2, 0.25) is 0 Å². The summed E-state index contributed by atoms with van der Waals surface area (Å²) < 4.78 is 4.40. The number of benzene rings is 1. The molecule has 0 radical (unpaired) electrons. The average Bonchev–Trinajstić information content (AvgIpc) is 2.30. The van der Waals surface area contributed by atoms with Crippen LogP contribution in [0.4, 0.5) is 0 Å². The molecule has 0 aliphatic rings. The van der Waals surface area contributed by atoms with Gasteiger partial charge in [0.1, 0.15) is 0 Å². The first-order valence-electron chi connectivity index (χ1n) is 5.16. The normalized spacial score (nSPS) is 11.0. The van der Waals surface area contributed by atoms with Gasteiger partial charge in [0.25, 0.3) is 0 Å². The van der Waals surface area contributed by atoms with Crippen molar-refractivity contribution in [1.82, 2.24) is 0 Å². The van der Waals surface area contributed by atoms with Crippen LogP contribution in [0.25, 0.3) is 0 Å². The van der Waals surface area contributed by atoms with Crippen molar-refractivity contribution in [2.45, 2.75) is 19.9 Å². The molecule has 0 heterocycles. The minimum Gasteiger partial charge on any atom is -0.466 e. The number of hydrogen-bond donors (Lipinski definition) is 2. The van der Waals surface area contributed by atoms with Gasteiger partial charge in [-0.05, 0) is 12.5 Å². The van der Waals surface area contributed by atoms with E-state index in [1.54, 1.807) is 6.92 Å². The van der Waals surface area contributed by atoms with Crippen LogP contribution >= 0.6 is 0 Å². The van der Waals surface area contributed by atoms with Crippen molar-refractivity contribution in [2.24, 2.45) is 5.73 Å². The predicted molar refractivity (Wildman–Crippen MR) is 62.8 cm³/mol. The summed E-state index contributed by atoms with van der Waals surface area (Å²) in [4.78, 5) is 9.82. The smallest absolute Gasteiger partial charge is 0.302 e. The average molecular weight is 225 g/mol. The second kappa shape index (κ2) is 8.88. The zero-order valence-electron chi connectivity index (χ0n) is 9.72. The standard InChI is InChI=1S/C8H11NO.C4H8O2/c9-8(6-10)7-4-2-1-3-5-7;1-3-6-4(2)5/h1-5,8,10H,6,9H2;3H2,1-2H3/t8-;/m1./s1. The Labute approximate surface area is 96.0 Å². The Morgan fingerprint density at radius 2 is 2.00 bits per heavy atom. The second-order valence-corrected chi connectivity index (χ2v) is 3.12. The molecule has 0 aliphatic heterocycles. The highest BCUT2D eigenvalue weighted by molar-refractivity contribution is 5.65. The third-order valence-electron chi connectivity index (χ3n) is 1.77. The number of hydrogen-bond acceptors (Lipinski definition) is 4. The molecule has 16 heavy (non-hydrogen) atoms. The van der Waals surface area contributed by atoms with Crippen molar-refractivity contribution >= 4 is 5.97 Å². The van der Waals surface area contributed by atoms with Gasteiger partial charge in [-0.1, -0.05) is 30.3 Å². The third kappa shape index (κ3) is 6.98. The Kier molecular flexibility index (Phi) is 8.11. The zero-order valence-corrected chi connectivity index (χ0v) is 9.72. The zero-order chi connectivity index (χ0) is 12.4. The van der Waals surface area contributed by atoms with Crippen molar-refractivity contribution in [3.8, 4) is 0 Å². The molecule has 0 amide bonds. The van der Waals surface area contributed by atoms with Crippen LogP contribution in [0.15, 0.2) is 30.3 Å². The van der Waals surface area contributed by atoms with E-state index < -0.39 is 0 Å². The van der Waals surface area contributed by atoms with E-state index in [1.165, 1.54) is 6.92 Å². The molecule has 90 valence electrons. The summed E-state index contributed by atoms with van der Waals surface area (Å²) in [5.41, 5.74) is 6.52. The number of esters is 1. The van der Waals surface area contributed by atoms with Gasteiger partial charge >= 0.3 is 5.97 Å². The number of carbonyl (C=O) groups is 1. The van der Waals surface area contributed by atoms with Crippen molar-refractivity contribution in [2.75, 3.05) is 13.2 Å². The van der Waals surface area contributed by atoms with Gasteiger partial charge in [0.15, 0.2) is 0 Å². The predicted octanol–water partition coefficient (Wildman–Crippen LogP) is 1.25. The number of nitrogens with two attached hydrogens (primary N) is 1. The van der Waals surface area contributed by atoms with E-state index in [0.717, 1.165) is 5.56 Å². The van der Waals surface area contributed by atoms with Gasteiger partial charge < -0.3 is 15.6 Å². The topological polar surface area (TPSA) is 72.5 Å². The highest BCUT2D eigenvalue weighted by Gasteiger charge is 2.00. The van der Waals surface area contributed by atoms with Crippen molar-refractivity contribution in [3.05, 3.63) is 35.9 Å². The lowest BCUT2D eigenvalue weighted by atomic mass is 10.1. The van der Waals surface area contributed by atoms with E-state index in [2.05, 4.69) is 4.74 Å². The quantitative estimate of drug-likeness (QED) is 0.759. The molecule has 0 aliphatic carbocycles. The van der Waals surface area contributed by atoms with Crippen LogP contribution in [0.3, 0.4) is 0 Å². The number of ether oxygens (including phenoxy) is 1. The first kappa shape index (κ1) is 14.6. The van der Waals surface area contributed by atoms with Crippen LogP contribution in [-0.2, 0) is 9.53 Å². The molecule has 1 atom stereocenters. The number of aliphatic hydroxyl groups excluding tert-OH is 1. The molecular weight excluding hydrogens is 206 g/mol. The molecule has 0 spiro atoms. The largest absolute Gasteiger partial charge is 0.466 e. The molecule has 4 heteroatoms. The first-order valence-corrected chi connectivity index (χ1v) is 5.16. The van der Waals surface area contributed by atoms with E-state index in [4.69, 9.17) is 10.8 Å². The molecule has 0 saturated heterocycles. The molecule has 0 aromatic heterocycles. The van der Waals surface area contributed by atoms with Crippen LogP contribution in [0.5, 0.6) is 0 Å². The molecule has 1 aromatic rings. The SMILES string of the molecule is CCOC(C)=O.N[C@H](CO)c1ccccc1. The molecular formula is C12H19NO3. The lowest BCUT2D eigenvalue weighted by Crippen LogP contribution is -2.13. The van der Waals surface area contributed by atoms with E-state index in [-0.39, 0.29) is 18.6 Å². The van der Waals surface area contributed by atoms with Crippen molar-refractivity contribution < 1.29 is 14.6 Å². The maximum Gasteiger partial charge on any atom is 0.302 e. The minimum atomic E-state index is -0.235. The molecule has 1 aromatic carbocycles. The number of aliphatic hydroxyl groups is 1. The molecule has 1 rings (SSSR count). The molecule has 4 nitrogen and oxygen atoms in total. The fraction of sp³-hybridized carbons (Fsp3) is 0.417. The van der Waals surface area contributed by atoms with Gasteiger partial charge in [-0.15, -0.1) is 0 Å². The Hall–Kier alpha value is -1.39. The summed E-state index contributed by atoms with van der Waals surface area (Å²) in [6.07, 6.45) is 0. The van der Waals surface area contributed by atoms with Crippen LogP contribution < -0.4 is 5.73 Å². The first-order chi connectivity index (χ1) is 7.61. The van der Waals surface area contributed by atoms with E-state index >= 15 is 0 Å². The number of carbonyl (C=O) groups excluding carboxylic acids is 1. The summed E-state index contributed by atoms with van der Waals surface area (Å²) in [5, 5.41) is 8.66. The summed E-state index contributed by atoms with van der Waals surface area (Å²) in [6.45, 7) is 3.66. The Morgan fingerprint density at radius 3 is 2.31 bits per heavy atom. The monoisotopic (exact) mass is 225 g/mol. The molecule has 0 saturated carbocycles. The Bertz CT molecular complexity index is 288. The van der Waals surface area contributed by atoms with E-state index in [1.807, 2.05) is 30.3 Å². The lowest BCUT2D eigenvalue weighted by Gasteiger charge is -2.06. The van der Waals surface area contributed by atoms with Gasteiger partial charge in [0, 0.05) is 6.92 Å². The van der Waals surface area contributed by atoms with Crippen molar-refractivity contribution in [1.29, 1.82) is 0 Å². The summed E-state index contributed by atoms with van der Waals surface area (Å²) >= 11 is 0. The Morgan fingerprint density at radius 1 is 1.44 bits per heavy atom. The van der Waals surface area contributed by atoms with Crippen LogP contribution in [-0.4, -0.2) is 24.3 Å². The van der Waals surface area contributed by atoms with E-state index in [0.29, 0.717) is 6.61 Å². The fourth-order valence-corrected chi connectivity index (χ4v) is 1.01. The van der Waals surface area contributed by atoms with Gasteiger partial charge in [-0.25, -0.2) is 0 Å². The maximum absolute atomic E-state index is 9.82. The lowest BCUT2D eigenvalue weighted by molar-refractivity contribution is -0.140. The number of rotatable bonds is 3. The summed E-state index contributed by atoms with van der Waals surface area (Å²) in [6, 6.07) is 9.31. The van der Waals surface area contributed by atoms with Crippen LogP contribution in [0, 0.1) is 0 Å². The van der Waals surface area contributed by atoms with Gasteiger partial charge in [0.05, 0.1) is 19.3 Å². The minimum absolute atomic E-state index is 0.00398.